The standard InChI is InChI=1S/C17H24O2/c1-13(2)15-6-8-16(9-7-15)17(18)12-19-11-10-14-4-3-5-14/h6-9,13-14H,3-5,10-12H2,1-2H3. The molecule has 0 bridgehead atoms. The minimum absolute atomic E-state index is 0.0870. The smallest absolute Gasteiger partial charge is 0.188 e. The molecular formula is C17H24O2. The summed E-state index contributed by atoms with van der Waals surface area (Å²) in [5, 5.41) is 0. The summed E-state index contributed by atoms with van der Waals surface area (Å²) in [6.07, 6.45) is 5.16. The summed E-state index contributed by atoms with van der Waals surface area (Å²) >= 11 is 0. The van der Waals surface area contributed by atoms with Crippen molar-refractivity contribution < 1.29 is 9.53 Å². The molecule has 0 atom stereocenters. The van der Waals surface area contributed by atoms with Crippen LogP contribution in [0.1, 0.15) is 61.4 Å². The third kappa shape index (κ3) is 4.17. The molecule has 2 heteroatoms. The SMILES string of the molecule is CC(C)c1ccc(C(=O)COCCC2CCC2)cc1. The van der Waals surface area contributed by atoms with Crippen LogP contribution >= 0.6 is 0 Å². The molecule has 0 aliphatic heterocycles. The molecule has 1 aliphatic rings. The third-order valence-electron chi connectivity index (χ3n) is 4.03. The molecule has 2 rings (SSSR count). The number of hydrogen-bond donors (Lipinski definition) is 0. The Kier molecular flexibility index (Phi) is 5.15. The molecule has 2 nitrogen and oxygen atoms in total. The molecule has 1 fully saturated rings. The maximum atomic E-state index is 11.9. The number of benzene rings is 1. The van der Waals surface area contributed by atoms with Gasteiger partial charge in [-0.25, -0.2) is 0 Å². The van der Waals surface area contributed by atoms with Crippen LogP contribution in [0.25, 0.3) is 0 Å². The lowest BCUT2D eigenvalue weighted by molar-refractivity contribution is 0.0705. The van der Waals surface area contributed by atoms with E-state index in [1.807, 2.05) is 24.3 Å². The van der Waals surface area contributed by atoms with Crippen molar-refractivity contribution in [2.45, 2.75) is 45.4 Å². The van der Waals surface area contributed by atoms with E-state index in [9.17, 15) is 4.79 Å². The van der Waals surface area contributed by atoms with Crippen LogP contribution in [0.2, 0.25) is 0 Å². The van der Waals surface area contributed by atoms with E-state index < -0.39 is 0 Å². The molecule has 0 saturated heterocycles. The van der Waals surface area contributed by atoms with E-state index in [4.69, 9.17) is 4.74 Å². The first-order valence-corrected chi connectivity index (χ1v) is 7.37. The predicted molar refractivity (Wildman–Crippen MR) is 77.6 cm³/mol. The van der Waals surface area contributed by atoms with Crippen LogP contribution in [0, 0.1) is 5.92 Å². The van der Waals surface area contributed by atoms with Gasteiger partial charge in [0, 0.05) is 12.2 Å². The summed E-state index contributed by atoms with van der Waals surface area (Å²) < 4.78 is 5.48. The molecule has 0 heterocycles. The van der Waals surface area contributed by atoms with Gasteiger partial charge in [-0.15, -0.1) is 0 Å². The fraction of sp³-hybridized carbons (Fsp3) is 0.588. The summed E-state index contributed by atoms with van der Waals surface area (Å²) in [4.78, 5) is 11.9. The zero-order valence-electron chi connectivity index (χ0n) is 12.0. The average Bonchev–Trinajstić information content (AvgIpc) is 2.36. The zero-order valence-corrected chi connectivity index (χ0v) is 12.0. The summed E-state index contributed by atoms with van der Waals surface area (Å²) in [6, 6.07) is 7.89. The van der Waals surface area contributed by atoms with Crippen molar-refractivity contribution in [3.05, 3.63) is 35.4 Å². The lowest BCUT2D eigenvalue weighted by Crippen LogP contribution is -2.16. The van der Waals surface area contributed by atoms with E-state index in [0.717, 1.165) is 24.5 Å². The van der Waals surface area contributed by atoms with Gasteiger partial charge in [0.15, 0.2) is 5.78 Å². The topological polar surface area (TPSA) is 26.3 Å². The Balaban J connectivity index is 1.72. The Morgan fingerprint density at radius 3 is 2.47 bits per heavy atom. The van der Waals surface area contributed by atoms with Gasteiger partial charge in [0.1, 0.15) is 6.61 Å². The number of rotatable bonds is 7. The van der Waals surface area contributed by atoms with E-state index in [0.29, 0.717) is 5.92 Å². The van der Waals surface area contributed by atoms with Gasteiger partial charge in [0.25, 0.3) is 0 Å². The highest BCUT2D eigenvalue weighted by Gasteiger charge is 2.16. The Labute approximate surface area is 116 Å². The Bertz CT molecular complexity index is 402. The molecule has 0 radical (unpaired) electrons. The molecule has 1 aromatic carbocycles. The highest BCUT2D eigenvalue weighted by atomic mass is 16.5. The first-order chi connectivity index (χ1) is 9.16. The van der Waals surface area contributed by atoms with Gasteiger partial charge in [0.2, 0.25) is 0 Å². The van der Waals surface area contributed by atoms with Crippen LogP contribution in [-0.2, 0) is 4.74 Å². The number of Topliss-reactive ketones (excluding diaryl/α,β-unsaturated/α-hetero) is 1. The number of hydrogen-bond acceptors (Lipinski definition) is 2. The van der Waals surface area contributed by atoms with Crippen LogP contribution in [0.4, 0.5) is 0 Å². The van der Waals surface area contributed by atoms with Crippen molar-refractivity contribution in [1.82, 2.24) is 0 Å². The summed E-state index contributed by atoms with van der Waals surface area (Å²) in [6.45, 7) is 5.25. The van der Waals surface area contributed by atoms with Gasteiger partial charge >= 0.3 is 0 Å². The first-order valence-electron chi connectivity index (χ1n) is 7.37. The first kappa shape index (κ1) is 14.3. The normalized spacial score (nSPS) is 15.5. The molecule has 0 aromatic heterocycles. The van der Waals surface area contributed by atoms with Crippen molar-refractivity contribution in [3.8, 4) is 0 Å². The van der Waals surface area contributed by atoms with Gasteiger partial charge < -0.3 is 4.74 Å². The predicted octanol–water partition coefficient (Wildman–Crippen LogP) is 4.20. The summed E-state index contributed by atoms with van der Waals surface area (Å²) in [5.74, 6) is 1.44. The van der Waals surface area contributed by atoms with Crippen LogP contribution in [0.5, 0.6) is 0 Å². The minimum atomic E-state index is 0.0870. The van der Waals surface area contributed by atoms with Crippen LogP contribution in [-0.4, -0.2) is 19.0 Å². The maximum absolute atomic E-state index is 11.9. The van der Waals surface area contributed by atoms with E-state index >= 15 is 0 Å². The van der Waals surface area contributed by atoms with E-state index in [1.165, 1.54) is 24.8 Å². The molecule has 0 unspecified atom stereocenters. The zero-order chi connectivity index (χ0) is 13.7. The van der Waals surface area contributed by atoms with Crippen molar-refractivity contribution in [1.29, 1.82) is 0 Å². The third-order valence-corrected chi connectivity index (χ3v) is 4.03. The fourth-order valence-electron chi connectivity index (χ4n) is 2.33. The minimum Gasteiger partial charge on any atom is -0.373 e. The Morgan fingerprint density at radius 2 is 1.95 bits per heavy atom. The van der Waals surface area contributed by atoms with Crippen LogP contribution in [0.15, 0.2) is 24.3 Å². The largest absolute Gasteiger partial charge is 0.373 e. The second-order valence-corrected chi connectivity index (χ2v) is 5.84. The molecule has 0 amide bonds. The molecule has 104 valence electrons. The molecule has 19 heavy (non-hydrogen) atoms. The van der Waals surface area contributed by atoms with Crippen molar-refractivity contribution in [2.24, 2.45) is 5.92 Å². The van der Waals surface area contributed by atoms with Crippen molar-refractivity contribution in [3.63, 3.8) is 0 Å². The van der Waals surface area contributed by atoms with Gasteiger partial charge in [0.05, 0.1) is 0 Å². The second kappa shape index (κ2) is 6.85. The van der Waals surface area contributed by atoms with E-state index in [2.05, 4.69) is 13.8 Å². The van der Waals surface area contributed by atoms with Crippen molar-refractivity contribution >= 4 is 5.78 Å². The van der Waals surface area contributed by atoms with E-state index in [1.54, 1.807) is 0 Å². The van der Waals surface area contributed by atoms with Gasteiger partial charge in [-0.1, -0.05) is 57.4 Å². The van der Waals surface area contributed by atoms with Gasteiger partial charge in [-0.05, 0) is 23.8 Å². The fourth-order valence-corrected chi connectivity index (χ4v) is 2.33. The molecule has 0 spiro atoms. The molecule has 1 aromatic rings. The monoisotopic (exact) mass is 260 g/mol. The Morgan fingerprint density at radius 1 is 1.26 bits per heavy atom. The van der Waals surface area contributed by atoms with Gasteiger partial charge in [-0.3, -0.25) is 4.79 Å². The number of ketones is 1. The lowest BCUT2D eigenvalue weighted by Gasteiger charge is -2.24. The van der Waals surface area contributed by atoms with Crippen molar-refractivity contribution in [2.75, 3.05) is 13.2 Å². The van der Waals surface area contributed by atoms with E-state index in [-0.39, 0.29) is 12.4 Å². The van der Waals surface area contributed by atoms with Gasteiger partial charge in [-0.2, -0.15) is 0 Å². The molecule has 0 N–H and O–H groups in total. The highest BCUT2D eigenvalue weighted by Crippen LogP contribution is 2.29. The lowest BCUT2D eigenvalue weighted by atomic mass is 9.83. The summed E-state index contributed by atoms with van der Waals surface area (Å²) in [7, 11) is 0. The molecule has 1 aliphatic carbocycles. The average molecular weight is 260 g/mol. The molecular weight excluding hydrogens is 236 g/mol. The Hall–Kier alpha value is -1.15. The molecule has 1 saturated carbocycles. The highest BCUT2D eigenvalue weighted by molar-refractivity contribution is 5.97. The second-order valence-electron chi connectivity index (χ2n) is 5.84. The van der Waals surface area contributed by atoms with Crippen LogP contribution in [0.3, 0.4) is 0 Å². The number of carbonyl (C=O) groups is 1. The van der Waals surface area contributed by atoms with Crippen LogP contribution < -0.4 is 0 Å². The maximum Gasteiger partial charge on any atom is 0.188 e. The summed E-state index contributed by atoms with van der Waals surface area (Å²) in [5.41, 5.74) is 2.02. The quantitative estimate of drug-likeness (QED) is 0.542. The number of carbonyl (C=O) groups excluding carboxylic acids is 1. The number of ether oxygens (including phenoxy) is 1.